The quantitative estimate of drug-likeness (QED) is 0.300. The first-order valence-electron chi connectivity index (χ1n) is 8.61. The zero-order chi connectivity index (χ0) is 23.0. The summed E-state index contributed by atoms with van der Waals surface area (Å²) in [6.45, 7) is -1.07. The van der Waals surface area contributed by atoms with E-state index in [-0.39, 0.29) is 17.7 Å². The molecule has 0 radical (unpaired) electrons. The summed E-state index contributed by atoms with van der Waals surface area (Å²) in [6, 6.07) is 5.61. The summed E-state index contributed by atoms with van der Waals surface area (Å²) in [5, 5.41) is 0. The number of likely N-dealkylation sites (tertiary alicyclic amines) is 1. The molecule has 0 spiro atoms. The predicted molar refractivity (Wildman–Crippen MR) is 85.2 cm³/mol. The van der Waals surface area contributed by atoms with Gasteiger partial charge in [0.25, 0.3) is 0 Å². The van der Waals surface area contributed by atoms with Gasteiger partial charge in [-0.05, 0) is 19.3 Å². The Kier molecular flexibility index (Phi) is 6.48. The van der Waals surface area contributed by atoms with Crippen LogP contribution in [0, 0.1) is 0 Å². The molecule has 168 valence electrons. The molecule has 2 nitrogen and oxygen atoms in total. The predicted octanol–water partition coefficient (Wildman–Crippen LogP) is 6.00. The number of allylic oxidation sites excluding steroid dienone is 2. The molecule has 0 N–H and O–H groups in total. The highest BCUT2D eigenvalue weighted by Crippen LogP contribution is 2.56. The van der Waals surface area contributed by atoms with Gasteiger partial charge in [-0.15, -0.1) is 0 Å². The van der Waals surface area contributed by atoms with Crippen LogP contribution in [-0.2, 0) is 0 Å². The molecule has 0 bridgehead atoms. The highest BCUT2D eigenvalue weighted by atomic mass is 19.4. The van der Waals surface area contributed by atoms with Crippen LogP contribution in [-0.4, -0.2) is 47.7 Å². The normalized spacial score (nSPS) is 17.6. The molecule has 0 unspecified atom stereocenters. The molecule has 0 saturated carbocycles. The van der Waals surface area contributed by atoms with E-state index in [1.165, 1.54) is 18.2 Å². The van der Waals surface area contributed by atoms with Gasteiger partial charge in [0.15, 0.2) is 5.83 Å². The Bertz CT molecular complexity index is 795. The van der Waals surface area contributed by atoms with Crippen LogP contribution < -0.4 is 0 Å². The molecule has 1 aliphatic heterocycles. The molecule has 0 aliphatic carbocycles. The highest BCUT2D eigenvalue weighted by Gasteiger charge is 2.83. The Morgan fingerprint density at radius 2 is 1.27 bits per heavy atom. The summed E-state index contributed by atoms with van der Waals surface area (Å²) in [4.78, 5) is 12.4. The van der Waals surface area contributed by atoms with Gasteiger partial charge in [-0.3, -0.25) is 4.79 Å². The van der Waals surface area contributed by atoms with E-state index in [1.54, 1.807) is 0 Å². The average Bonchev–Trinajstić information content (AvgIpc) is 2.67. The number of ketones is 1. The number of nitrogens with zero attached hydrogens (tertiary/aromatic N) is 1. The lowest BCUT2D eigenvalue weighted by Gasteiger charge is -2.40. The number of Topliss-reactive ketones (excluding diaryl/α,β-unsaturated/α-hetero) is 1. The van der Waals surface area contributed by atoms with Gasteiger partial charge in [0.05, 0.1) is 0 Å². The Morgan fingerprint density at radius 3 is 1.73 bits per heavy atom. The summed E-state index contributed by atoms with van der Waals surface area (Å²) in [6.07, 6.45) is -6.55. The Hall–Kier alpha value is -2.27. The van der Waals surface area contributed by atoms with Crippen LogP contribution in [0.2, 0.25) is 0 Å². The summed E-state index contributed by atoms with van der Waals surface area (Å²) < 4.78 is 136. The first-order chi connectivity index (χ1) is 13.7. The van der Waals surface area contributed by atoms with Crippen molar-refractivity contribution in [2.24, 2.45) is 0 Å². The number of carbonyl (C=O) groups excluding carboxylic acids is 1. The average molecular weight is 451 g/mol. The summed E-state index contributed by atoms with van der Waals surface area (Å²) in [7, 11) is 0. The molecule has 1 saturated heterocycles. The summed E-state index contributed by atoms with van der Waals surface area (Å²) in [5.41, 5.74) is -3.06. The largest absolute Gasteiger partial charge is 0.460 e. The molecular weight excluding hydrogens is 436 g/mol. The van der Waals surface area contributed by atoms with Gasteiger partial charge in [-0.25, -0.2) is 4.39 Å². The lowest BCUT2D eigenvalue weighted by molar-refractivity contribution is -0.391. The number of hydrogen-bond acceptors (Lipinski definition) is 2. The third-order valence-electron chi connectivity index (χ3n) is 4.56. The fourth-order valence-corrected chi connectivity index (χ4v) is 2.94. The molecule has 0 atom stereocenters. The summed E-state index contributed by atoms with van der Waals surface area (Å²) >= 11 is 0. The van der Waals surface area contributed by atoms with E-state index in [0.717, 1.165) is 12.1 Å². The van der Waals surface area contributed by atoms with Crippen molar-refractivity contribution in [3.63, 3.8) is 0 Å². The minimum atomic E-state index is -7.19. The van der Waals surface area contributed by atoms with E-state index < -0.39 is 59.9 Å². The first kappa shape index (κ1) is 24.0. The highest BCUT2D eigenvalue weighted by molar-refractivity contribution is 6.07. The van der Waals surface area contributed by atoms with Gasteiger partial charge >= 0.3 is 23.9 Å². The molecule has 1 aromatic carbocycles. The smallest absolute Gasteiger partial charge is 0.367 e. The fraction of sp³-hybridized carbons (Fsp3) is 0.500. The molecule has 0 aromatic heterocycles. The first-order valence-corrected chi connectivity index (χ1v) is 8.61. The topological polar surface area (TPSA) is 20.3 Å². The number of halogens is 10. The van der Waals surface area contributed by atoms with Gasteiger partial charge in [-0.1, -0.05) is 30.3 Å². The van der Waals surface area contributed by atoms with E-state index in [1.807, 2.05) is 0 Å². The molecule has 1 heterocycles. The van der Waals surface area contributed by atoms with Gasteiger partial charge in [-0.2, -0.15) is 39.5 Å². The Morgan fingerprint density at radius 1 is 0.767 bits per heavy atom. The fourth-order valence-electron chi connectivity index (χ4n) is 2.94. The van der Waals surface area contributed by atoms with E-state index in [0.29, 0.717) is 6.42 Å². The van der Waals surface area contributed by atoms with Crippen LogP contribution >= 0.6 is 0 Å². The number of piperidine rings is 1. The molecule has 12 heteroatoms. The van der Waals surface area contributed by atoms with Gasteiger partial charge < -0.3 is 4.90 Å². The molecule has 1 aliphatic rings. The maximum Gasteiger partial charge on any atom is 0.460 e. The van der Waals surface area contributed by atoms with Crippen molar-refractivity contribution in [2.75, 3.05) is 13.1 Å². The van der Waals surface area contributed by atoms with Crippen LogP contribution in [0.15, 0.2) is 41.9 Å². The second kappa shape index (κ2) is 8.10. The van der Waals surface area contributed by atoms with Crippen molar-refractivity contribution < 1.29 is 48.7 Å². The Balaban J connectivity index is 2.68. The second-order valence-electron chi connectivity index (χ2n) is 6.63. The molecule has 2 rings (SSSR count). The monoisotopic (exact) mass is 451 g/mol. The molecule has 30 heavy (non-hydrogen) atoms. The van der Waals surface area contributed by atoms with Crippen molar-refractivity contribution in [1.82, 2.24) is 4.90 Å². The van der Waals surface area contributed by atoms with Gasteiger partial charge in [0.1, 0.15) is 5.70 Å². The molecule has 1 fully saturated rings. The number of rotatable bonds is 6. The van der Waals surface area contributed by atoms with Crippen LogP contribution in [0.5, 0.6) is 0 Å². The second-order valence-corrected chi connectivity index (χ2v) is 6.63. The molecule has 0 amide bonds. The van der Waals surface area contributed by atoms with E-state index in [4.69, 9.17) is 0 Å². The summed E-state index contributed by atoms with van der Waals surface area (Å²) in [5.74, 6) is -25.0. The van der Waals surface area contributed by atoms with Crippen molar-refractivity contribution in [1.29, 1.82) is 0 Å². The lowest BCUT2D eigenvalue weighted by Crippen LogP contribution is -2.63. The number of hydrogen-bond donors (Lipinski definition) is 0. The lowest BCUT2D eigenvalue weighted by atomic mass is 9.96. The zero-order valence-corrected chi connectivity index (χ0v) is 15.1. The minimum Gasteiger partial charge on any atom is -0.367 e. The van der Waals surface area contributed by atoms with E-state index >= 15 is 0 Å². The van der Waals surface area contributed by atoms with Crippen molar-refractivity contribution in [3.8, 4) is 0 Å². The third kappa shape index (κ3) is 4.00. The Labute approximate surface area is 164 Å². The molecular formula is C18H15F10NO. The zero-order valence-electron chi connectivity index (χ0n) is 15.1. The van der Waals surface area contributed by atoms with Crippen LogP contribution in [0.25, 0.3) is 0 Å². The minimum absolute atomic E-state index is 0.0492. The number of benzene rings is 1. The van der Waals surface area contributed by atoms with Crippen molar-refractivity contribution in [3.05, 3.63) is 47.4 Å². The molecule has 1 aromatic rings. The third-order valence-corrected chi connectivity index (χ3v) is 4.56. The van der Waals surface area contributed by atoms with Crippen LogP contribution in [0.4, 0.5) is 43.9 Å². The number of alkyl halides is 9. The maximum atomic E-state index is 14.8. The van der Waals surface area contributed by atoms with Crippen molar-refractivity contribution in [2.45, 2.75) is 43.2 Å². The van der Waals surface area contributed by atoms with E-state index in [2.05, 4.69) is 0 Å². The number of carbonyl (C=O) groups is 1. The van der Waals surface area contributed by atoms with E-state index in [9.17, 15) is 48.7 Å². The SMILES string of the molecule is O=C(/C(F)=C(\N1CCCCC1)C(F)(F)C(F)(F)C(F)(F)C(F)(F)F)c1ccccc1. The standard InChI is InChI=1S/C18H15F10NO/c19-12(13(30)11-7-3-1-4-8-11)14(29-9-5-2-6-10-29)15(20,21)16(22,23)17(24,25)18(26,27)28/h1,3-4,7-8H,2,5-6,9-10H2/b14-12+. The van der Waals surface area contributed by atoms with Crippen molar-refractivity contribution >= 4 is 5.78 Å². The van der Waals surface area contributed by atoms with Gasteiger partial charge in [0, 0.05) is 18.7 Å². The van der Waals surface area contributed by atoms with Crippen LogP contribution in [0.1, 0.15) is 29.6 Å². The van der Waals surface area contributed by atoms with Gasteiger partial charge in [0.2, 0.25) is 5.78 Å². The maximum absolute atomic E-state index is 14.8. The van der Waals surface area contributed by atoms with Crippen LogP contribution in [0.3, 0.4) is 0 Å².